The average Bonchev–Trinajstić information content (AvgIpc) is 1.35. The van der Waals surface area contributed by atoms with Crippen LogP contribution in [0, 0.1) is 0 Å². The third kappa shape index (κ3) is 10.9. The van der Waals surface area contributed by atoms with Gasteiger partial charge in [0.15, 0.2) is 0 Å². The number of hydrogen-bond donors (Lipinski definition) is 2. The Morgan fingerprint density at radius 2 is 1.86 bits per heavy atom. The van der Waals surface area contributed by atoms with Crippen molar-refractivity contribution in [2.75, 3.05) is 0 Å². The molecular weight excluding hydrogens is 133 g/mol. The van der Waals surface area contributed by atoms with E-state index in [1.54, 1.807) is 0 Å². The summed E-state index contributed by atoms with van der Waals surface area (Å²) < 4.78 is 28.8. The molecule has 0 bridgehead atoms. The van der Waals surface area contributed by atoms with Crippen LogP contribution in [0.15, 0.2) is 0 Å². The van der Waals surface area contributed by atoms with E-state index in [2.05, 4.69) is 10.2 Å². The topological polar surface area (TPSA) is 89.6 Å². The van der Waals surface area contributed by atoms with Gasteiger partial charge in [-0.15, -0.1) is 0 Å². The molecule has 0 atom stereocenters. The molecule has 0 spiro atoms. The van der Waals surface area contributed by atoms with Crippen molar-refractivity contribution in [2.45, 2.75) is 0 Å². The summed E-state index contributed by atoms with van der Waals surface area (Å²) >= 11 is 0. The quantitative estimate of drug-likeness (QED) is 0.217. The first-order chi connectivity index (χ1) is 2.56. The van der Waals surface area contributed by atoms with Crippen LogP contribution < -0.4 is 35.5 Å². The molecule has 0 radical (unpaired) electrons. The summed E-state index contributed by atoms with van der Waals surface area (Å²) in [4.78, 5) is 0. The molecule has 0 aliphatic heterocycles. The summed E-state index contributed by atoms with van der Waals surface area (Å²) in [6, 6.07) is 0. The van der Waals surface area contributed by atoms with Crippen molar-refractivity contribution in [2.24, 2.45) is 5.90 Å². The van der Waals surface area contributed by atoms with Gasteiger partial charge in [0.2, 0.25) is 0 Å². The van der Waals surface area contributed by atoms with Crippen molar-refractivity contribution >= 4 is 10.4 Å². The summed E-state index contributed by atoms with van der Waals surface area (Å²) in [7, 11) is -4.38. The van der Waals surface area contributed by atoms with Gasteiger partial charge in [0, 0.05) is 0 Å². The number of hydrogen-bond acceptors (Lipinski definition) is 4. The molecule has 3 N–H and O–H groups in total. The molecule has 0 saturated heterocycles. The van der Waals surface area contributed by atoms with Crippen LogP contribution in [0.4, 0.5) is 0 Å². The van der Waals surface area contributed by atoms with E-state index in [0.717, 1.165) is 0 Å². The van der Waals surface area contributed by atoms with Gasteiger partial charge in [-0.3, -0.25) is 4.55 Å². The average molecular weight is 137 g/mol. The smallest absolute Gasteiger partial charge is 1.00 e. The minimum atomic E-state index is -4.38. The van der Waals surface area contributed by atoms with Gasteiger partial charge in [-0.05, 0) is 0 Å². The fourth-order valence-corrected chi connectivity index (χ4v) is 0. The summed E-state index contributed by atoms with van der Waals surface area (Å²) in [6.07, 6.45) is 0. The molecule has 0 aromatic heterocycles. The van der Waals surface area contributed by atoms with E-state index in [9.17, 15) is 8.42 Å². The van der Waals surface area contributed by atoms with Gasteiger partial charge in [0.05, 0.1) is 0 Å². The van der Waals surface area contributed by atoms with Crippen molar-refractivity contribution < 1.29 is 48.2 Å². The van der Waals surface area contributed by atoms with Gasteiger partial charge in [0.25, 0.3) is 0 Å². The Balaban J connectivity index is -0.000000125. The summed E-state index contributed by atoms with van der Waals surface area (Å²) in [6.45, 7) is 0. The van der Waals surface area contributed by atoms with E-state index in [-0.39, 0.29) is 31.0 Å². The first-order valence-corrected chi connectivity index (χ1v) is 2.28. The molecule has 40 valence electrons. The maximum absolute atomic E-state index is 9.21. The Hall–Kier alpha value is 0.830. The molecule has 0 aromatic rings. The molecular formula is H4NNaO4S. The minimum Gasteiger partial charge on any atom is -1.00 e. The Bertz CT molecular complexity index is 118. The van der Waals surface area contributed by atoms with Crippen LogP contribution in [0.25, 0.3) is 0 Å². The van der Waals surface area contributed by atoms with E-state index in [0.29, 0.717) is 0 Å². The van der Waals surface area contributed by atoms with Gasteiger partial charge in [-0.25, -0.2) is 0 Å². The second-order valence-electron chi connectivity index (χ2n) is 0.524. The van der Waals surface area contributed by atoms with Crippen molar-refractivity contribution in [1.29, 1.82) is 0 Å². The molecule has 0 aliphatic rings. The minimum absolute atomic E-state index is 0. The van der Waals surface area contributed by atoms with Gasteiger partial charge >= 0.3 is 40.0 Å². The molecule has 7 heavy (non-hydrogen) atoms. The van der Waals surface area contributed by atoms with Crippen LogP contribution >= 0.6 is 0 Å². The molecule has 0 rings (SSSR count). The van der Waals surface area contributed by atoms with Crippen LogP contribution in [0.5, 0.6) is 0 Å². The van der Waals surface area contributed by atoms with Crippen LogP contribution in [0.1, 0.15) is 1.43 Å². The van der Waals surface area contributed by atoms with Crippen molar-refractivity contribution in [3.8, 4) is 0 Å². The van der Waals surface area contributed by atoms with Crippen molar-refractivity contribution in [1.82, 2.24) is 0 Å². The molecule has 0 heterocycles. The first-order valence-electron chi connectivity index (χ1n) is 0.918. The molecule has 0 fully saturated rings. The summed E-state index contributed by atoms with van der Waals surface area (Å²) in [5, 5.41) is 0. The Morgan fingerprint density at radius 3 is 1.86 bits per heavy atom. The molecule has 7 heteroatoms. The normalized spacial score (nSPS) is 10.0. The fraction of sp³-hybridized carbons (Fsp3) is 0. The predicted octanol–water partition coefficient (Wildman–Crippen LogP) is -4.20. The van der Waals surface area contributed by atoms with E-state index in [1.165, 1.54) is 0 Å². The molecule has 0 saturated carbocycles. The third-order valence-electron chi connectivity index (χ3n) is 0.122. The van der Waals surface area contributed by atoms with Crippen LogP contribution in [-0.4, -0.2) is 13.0 Å². The standard InChI is InChI=1S/H3NO4S.Na.H/c1-5-6(2,3)4;;/h1H2,(H,2,3,4);;/q;+1;-1. The van der Waals surface area contributed by atoms with E-state index in [1.807, 2.05) is 0 Å². The predicted molar refractivity (Wildman–Crippen MR) is 17.9 cm³/mol. The summed E-state index contributed by atoms with van der Waals surface area (Å²) in [5.41, 5.74) is 0. The van der Waals surface area contributed by atoms with Crippen molar-refractivity contribution in [3.63, 3.8) is 0 Å². The van der Waals surface area contributed by atoms with E-state index < -0.39 is 10.4 Å². The Morgan fingerprint density at radius 1 is 1.71 bits per heavy atom. The zero-order valence-electron chi connectivity index (χ0n) is 4.66. The Labute approximate surface area is 64.5 Å². The maximum atomic E-state index is 9.21. The number of nitrogens with two attached hydrogens (primary N) is 1. The van der Waals surface area contributed by atoms with Crippen LogP contribution in [0.2, 0.25) is 0 Å². The second-order valence-corrected chi connectivity index (χ2v) is 1.57. The van der Waals surface area contributed by atoms with Crippen LogP contribution in [-0.2, 0) is 14.7 Å². The third-order valence-corrected chi connectivity index (χ3v) is 0.365. The monoisotopic (exact) mass is 137 g/mol. The molecule has 0 unspecified atom stereocenters. The molecule has 0 aliphatic carbocycles. The molecule has 5 nitrogen and oxygen atoms in total. The SMILES string of the molecule is NOS(=O)(=O)O.[H-].[Na+]. The largest absolute Gasteiger partial charge is 1.00 e. The molecule has 0 aromatic carbocycles. The van der Waals surface area contributed by atoms with Crippen LogP contribution in [0.3, 0.4) is 0 Å². The second kappa shape index (κ2) is 3.79. The van der Waals surface area contributed by atoms with Gasteiger partial charge < -0.3 is 1.43 Å². The fourth-order valence-electron chi connectivity index (χ4n) is 0. The van der Waals surface area contributed by atoms with Crippen molar-refractivity contribution in [3.05, 3.63) is 0 Å². The van der Waals surface area contributed by atoms with Gasteiger partial charge in [-0.2, -0.15) is 18.6 Å². The zero-order valence-corrected chi connectivity index (χ0v) is 6.47. The first kappa shape index (κ1) is 10.7. The van der Waals surface area contributed by atoms with Gasteiger partial charge in [0.1, 0.15) is 0 Å². The van der Waals surface area contributed by atoms with E-state index >= 15 is 0 Å². The van der Waals surface area contributed by atoms with Gasteiger partial charge in [-0.1, -0.05) is 0 Å². The summed E-state index contributed by atoms with van der Waals surface area (Å²) in [5.74, 6) is 3.97. The zero-order chi connectivity index (χ0) is 5.21. The maximum Gasteiger partial charge on any atom is 1.00 e. The van der Waals surface area contributed by atoms with E-state index in [4.69, 9.17) is 4.55 Å². The Kier molecular flexibility index (Phi) is 5.81. The molecule has 0 amide bonds. The number of rotatable bonds is 1.